The number of nitrogens with zero attached hydrogens (tertiary/aromatic N) is 3. The Balaban J connectivity index is 1.60. The normalized spacial score (nSPS) is 15.3. The van der Waals surface area contributed by atoms with Crippen LogP contribution in [0.3, 0.4) is 0 Å². The summed E-state index contributed by atoms with van der Waals surface area (Å²) in [7, 11) is 0. The molecule has 4 nitrogen and oxygen atoms in total. The smallest absolute Gasteiger partial charge is 0.352 e. The number of anilines is 1. The van der Waals surface area contributed by atoms with Gasteiger partial charge in [-0.25, -0.2) is 9.37 Å². The number of carbonyl (C=O) groups is 1. The van der Waals surface area contributed by atoms with E-state index in [0.29, 0.717) is 31.7 Å². The predicted octanol–water partition coefficient (Wildman–Crippen LogP) is 4.25. The van der Waals surface area contributed by atoms with Crippen LogP contribution in [0.25, 0.3) is 6.08 Å². The number of aromatic nitrogens is 1. The zero-order valence-electron chi connectivity index (χ0n) is 14.6. The Morgan fingerprint density at radius 2 is 1.86 bits per heavy atom. The van der Waals surface area contributed by atoms with E-state index in [0.717, 1.165) is 12.3 Å². The molecule has 0 saturated carbocycles. The number of carbonyl (C=O) groups excluding carboxylic acids is 1. The third kappa shape index (κ3) is 4.81. The molecule has 2 aromatic rings. The zero-order chi connectivity index (χ0) is 20.3. The fourth-order valence-electron chi connectivity index (χ4n) is 2.84. The van der Waals surface area contributed by atoms with Crippen molar-refractivity contribution in [3.8, 4) is 0 Å². The summed E-state index contributed by atoms with van der Waals surface area (Å²) >= 11 is 5.97. The van der Waals surface area contributed by atoms with Crippen molar-refractivity contribution < 1.29 is 22.4 Å². The first-order valence-electron chi connectivity index (χ1n) is 8.44. The molecule has 1 aromatic carbocycles. The van der Waals surface area contributed by atoms with Crippen molar-refractivity contribution in [1.82, 2.24) is 9.88 Å². The largest absolute Gasteiger partial charge is 0.417 e. The molecule has 1 aromatic heterocycles. The van der Waals surface area contributed by atoms with Gasteiger partial charge in [-0.2, -0.15) is 13.2 Å². The Morgan fingerprint density at radius 3 is 2.46 bits per heavy atom. The van der Waals surface area contributed by atoms with Gasteiger partial charge in [0, 0.05) is 38.5 Å². The number of halogens is 5. The van der Waals surface area contributed by atoms with Crippen LogP contribution in [-0.2, 0) is 11.0 Å². The maximum atomic E-state index is 13.2. The molecule has 1 fully saturated rings. The second kappa shape index (κ2) is 8.18. The molecule has 0 unspecified atom stereocenters. The van der Waals surface area contributed by atoms with Crippen molar-refractivity contribution in [3.05, 3.63) is 64.6 Å². The quantitative estimate of drug-likeness (QED) is 0.557. The molecule has 0 atom stereocenters. The topological polar surface area (TPSA) is 36.4 Å². The van der Waals surface area contributed by atoms with E-state index in [9.17, 15) is 22.4 Å². The summed E-state index contributed by atoms with van der Waals surface area (Å²) < 4.78 is 51.3. The highest BCUT2D eigenvalue weighted by Crippen LogP contribution is 2.33. The van der Waals surface area contributed by atoms with E-state index in [-0.39, 0.29) is 22.6 Å². The summed E-state index contributed by atoms with van der Waals surface area (Å²) in [6, 6.07) is 6.73. The van der Waals surface area contributed by atoms with Gasteiger partial charge in [0.1, 0.15) is 11.6 Å². The van der Waals surface area contributed by atoms with Gasteiger partial charge in [-0.3, -0.25) is 4.79 Å². The third-order valence-electron chi connectivity index (χ3n) is 4.31. The first-order chi connectivity index (χ1) is 13.2. The molecular formula is C19H16ClF4N3O. The molecule has 3 rings (SSSR count). The van der Waals surface area contributed by atoms with Crippen LogP contribution in [0.2, 0.25) is 5.02 Å². The molecule has 0 bridgehead atoms. The number of rotatable bonds is 3. The van der Waals surface area contributed by atoms with Crippen LogP contribution >= 0.6 is 11.6 Å². The zero-order valence-corrected chi connectivity index (χ0v) is 15.3. The van der Waals surface area contributed by atoms with Crippen LogP contribution in [-0.4, -0.2) is 42.0 Å². The van der Waals surface area contributed by atoms with Gasteiger partial charge in [0.25, 0.3) is 0 Å². The number of alkyl halides is 3. The van der Waals surface area contributed by atoms with E-state index in [2.05, 4.69) is 4.98 Å². The Bertz CT molecular complexity index is 893. The molecule has 2 heterocycles. The van der Waals surface area contributed by atoms with Crippen LogP contribution in [0, 0.1) is 5.82 Å². The average molecular weight is 414 g/mol. The molecule has 0 spiro atoms. The van der Waals surface area contributed by atoms with Crippen molar-refractivity contribution in [1.29, 1.82) is 0 Å². The molecule has 9 heteroatoms. The molecule has 1 aliphatic heterocycles. The number of hydrogen-bond donors (Lipinski definition) is 0. The fraction of sp³-hybridized carbons (Fsp3) is 0.263. The minimum atomic E-state index is -4.51. The van der Waals surface area contributed by atoms with Crippen molar-refractivity contribution in [2.24, 2.45) is 0 Å². The van der Waals surface area contributed by atoms with E-state index >= 15 is 0 Å². The van der Waals surface area contributed by atoms with Crippen molar-refractivity contribution in [3.63, 3.8) is 0 Å². The van der Waals surface area contributed by atoms with E-state index in [4.69, 9.17) is 11.6 Å². The van der Waals surface area contributed by atoms with Crippen molar-refractivity contribution >= 4 is 29.4 Å². The molecule has 1 amide bonds. The van der Waals surface area contributed by atoms with Gasteiger partial charge in [0.15, 0.2) is 0 Å². The number of amides is 1. The van der Waals surface area contributed by atoms with Crippen LogP contribution in [0.4, 0.5) is 23.4 Å². The number of benzene rings is 1. The standard InChI is InChI=1S/C19H16ClF4N3O/c20-16-11-14(19(22,23)24)12-25-18(16)27-8-6-26(7-9-27)17(28)5-4-13-2-1-3-15(21)10-13/h1-5,10-12H,6-9H2/b5-4+. The van der Waals surface area contributed by atoms with Gasteiger partial charge in [-0.1, -0.05) is 23.7 Å². The maximum Gasteiger partial charge on any atom is 0.417 e. The Labute approximate surface area is 164 Å². The van der Waals surface area contributed by atoms with Gasteiger partial charge in [-0.15, -0.1) is 0 Å². The number of hydrogen-bond acceptors (Lipinski definition) is 3. The van der Waals surface area contributed by atoms with E-state index < -0.39 is 11.7 Å². The van der Waals surface area contributed by atoms with Crippen LogP contribution < -0.4 is 4.90 Å². The minimum absolute atomic E-state index is 0.0828. The first-order valence-corrected chi connectivity index (χ1v) is 8.82. The van der Waals surface area contributed by atoms with E-state index in [1.54, 1.807) is 21.9 Å². The Morgan fingerprint density at radius 1 is 1.14 bits per heavy atom. The minimum Gasteiger partial charge on any atom is -0.352 e. The van der Waals surface area contributed by atoms with Gasteiger partial charge >= 0.3 is 6.18 Å². The lowest BCUT2D eigenvalue weighted by Gasteiger charge is -2.35. The predicted molar refractivity (Wildman–Crippen MR) is 98.5 cm³/mol. The molecular weight excluding hydrogens is 398 g/mol. The van der Waals surface area contributed by atoms with Crippen LogP contribution in [0.15, 0.2) is 42.6 Å². The molecule has 0 N–H and O–H groups in total. The molecule has 28 heavy (non-hydrogen) atoms. The van der Waals surface area contributed by atoms with Crippen molar-refractivity contribution in [2.75, 3.05) is 31.1 Å². The van der Waals surface area contributed by atoms with Crippen molar-refractivity contribution in [2.45, 2.75) is 6.18 Å². The van der Waals surface area contributed by atoms with Gasteiger partial charge in [0.05, 0.1) is 10.6 Å². The second-order valence-electron chi connectivity index (χ2n) is 6.23. The molecule has 148 valence electrons. The molecule has 0 aliphatic carbocycles. The Hall–Kier alpha value is -2.61. The summed E-state index contributed by atoms with van der Waals surface area (Å²) in [6.07, 6.45) is -0.853. The van der Waals surface area contributed by atoms with Gasteiger partial charge in [-0.05, 0) is 29.8 Å². The average Bonchev–Trinajstić information content (AvgIpc) is 2.65. The third-order valence-corrected chi connectivity index (χ3v) is 4.59. The van der Waals surface area contributed by atoms with E-state index in [1.165, 1.54) is 24.3 Å². The SMILES string of the molecule is O=C(/C=C/c1cccc(F)c1)N1CCN(c2ncc(C(F)(F)F)cc2Cl)CC1. The molecule has 0 radical (unpaired) electrons. The monoisotopic (exact) mass is 413 g/mol. The highest BCUT2D eigenvalue weighted by molar-refractivity contribution is 6.33. The summed E-state index contributed by atoms with van der Waals surface area (Å²) in [5.74, 6) is -0.350. The Kier molecular flexibility index (Phi) is 5.88. The van der Waals surface area contributed by atoms with Crippen LogP contribution in [0.5, 0.6) is 0 Å². The number of piperazine rings is 1. The first kappa shape index (κ1) is 20.1. The van der Waals surface area contributed by atoms with Gasteiger partial charge < -0.3 is 9.80 Å². The number of pyridine rings is 1. The fourth-order valence-corrected chi connectivity index (χ4v) is 3.13. The lowest BCUT2D eigenvalue weighted by atomic mass is 10.2. The highest BCUT2D eigenvalue weighted by Gasteiger charge is 2.32. The summed E-state index contributed by atoms with van der Waals surface area (Å²) in [5.41, 5.74) is -0.328. The summed E-state index contributed by atoms with van der Waals surface area (Å²) in [6.45, 7) is 1.51. The second-order valence-corrected chi connectivity index (χ2v) is 6.64. The van der Waals surface area contributed by atoms with Gasteiger partial charge in [0.2, 0.25) is 5.91 Å². The molecule has 1 saturated heterocycles. The van der Waals surface area contributed by atoms with E-state index in [1.807, 2.05) is 0 Å². The lowest BCUT2D eigenvalue weighted by Crippen LogP contribution is -2.48. The lowest BCUT2D eigenvalue weighted by molar-refractivity contribution is -0.137. The summed E-state index contributed by atoms with van der Waals surface area (Å²) in [5, 5.41) is -0.0828. The maximum absolute atomic E-state index is 13.2. The highest BCUT2D eigenvalue weighted by atomic mass is 35.5. The molecule has 1 aliphatic rings. The summed E-state index contributed by atoms with van der Waals surface area (Å²) in [4.78, 5) is 19.5. The van der Waals surface area contributed by atoms with Crippen LogP contribution in [0.1, 0.15) is 11.1 Å².